The lowest BCUT2D eigenvalue weighted by molar-refractivity contribution is 0.363. The van der Waals surface area contributed by atoms with Crippen molar-refractivity contribution in [1.29, 1.82) is 0 Å². The molecule has 0 atom stereocenters. The van der Waals surface area contributed by atoms with E-state index in [1.165, 1.54) is 10.9 Å². The number of aromatic nitrogens is 2. The van der Waals surface area contributed by atoms with Crippen LogP contribution in [0.1, 0.15) is 31.2 Å². The van der Waals surface area contributed by atoms with Crippen LogP contribution in [0.25, 0.3) is 10.9 Å². The number of hydrogen-bond donors (Lipinski definition) is 0. The van der Waals surface area contributed by atoms with Gasteiger partial charge in [0.25, 0.3) is 5.56 Å². The van der Waals surface area contributed by atoms with Gasteiger partial charge in [0.05, 0.1) is 27.2 Å². The van der Waals surface area contributed by atoms with E-state index in [4.69, 9.17) is 27.9 Å². The zero-order chi connectivity index (χ0) is 21.1. The van der Waals surface area contributed by atoms with Crippen molar-refractivity contribution in [3.05, 3.63) is 79.2 Å². The Morgan fingerprint density at radius 2 is 1.97 bits per heavy atom. The maximum Gasteiger partial charge on any atom is 0.282 e. The first kappa shape index (κ1) is 21.6. The van der Waals surface area contributed by atoms with E-state index in [1.807, 2.05) is 26.0 Å². The molecule has 3 rings (SSSR count). The van der Waals surface area contributed by atoms with Gasteiger partial charge in [0.15, 0.2) is 5.75 Å². The van der Waals surface area contributed by atoms with Crippen LogP contribution in [-0.2, 0) is 0 Å². The Labute approximate surface area is 186 Å². The standard InChI is InChI=1S/C21H18BrCl2N3O2/c1-4-7-29-19-16(23)8-13(9-17(19)24)11-25-27-20(12(2)3)26-18-6-5-14(22)10-15(18)21(27)28/h4-6,8-12H,1,7H2,2-3H3. The van der Waals surface area contributed by atoms with Gasteiger partial charge < -0.3 is 4.74 Å². The van der Waals surface area contributed by atoms with Crippen molar-refractivity contribution in [2.75, 3.05) is 6.61 Å². The summed E-state index contributed by atoms with van der Waals surface area (Å²) in [4.78, 5) is 17.7. The van der Waals surface area contributed by atoms with E-state index in [1.54, 1.807) is 24.3 Å². The molecule has 1 aromatic heterocycles. The molecule has 29 heavy (non-hydrogen) atoms. The first-order chi connectivity index (χ1) is 13.8. The second-order valence-electron chi connectivity index (χ2n) is 6.56. The molecule has 0 fully saturated rings. The average molecular weight is 495 g/mol. The number of rotatable bonds is 6. The molecule has 0 aliphatic rings. The quantitative estimate of drug-likeness (QED) is 0.310. The number of nitrogens with zero attached hydrogens (tertiary/aromatic N) is 3. The minimum atomic E-state index is -0.251. The molecule has 0 radical (unpaired) electrons. The topological polar surface area (TPSA) is 56.5 Å². The molecule has 0 aliphatic heterocycles. The summed E-state index contributed by atoms with van der Waals surface area (Å²) in [6, 6.07) is 8.73. The molecule has 0 unspecified atom stereocenters. The van der Waals surface area contributed by atoms with Crippen LogP contribution >= 0.6 is 39.1 Å². The van der Waals surface area contributed by atoms with Gasteiger partial charge in [-0.1, -0.05) is 65.6 Å². The van der Waals surface area contributed by atoms with E-state index < -0.39 is 0 Å². The van der Waals surface area contributed by atoms with Crippen LogP contribution in [0.15, 0.2) is 57.4 Å². The monoisotopic (exact) mass is 493 g/mol. The third-order valence-corrected chi connectivity index (χ3v) is 5.09. The van der Waals surface area contributed by atoms with Gasteiger partial charge in [-0.25, -0.2) is 4.98 Å². The van der Waals surface area contributed by atoms with Gasteiger partial charge in [-0.2, -0.15) is 9.78 Å². The van der Waals surface area contributed by atoms with Gasteiger partial charge in [0.1, 0.15) is 12.4 Å². The fraction of sp³-hybridized carbons (Fsp3) is 0.190. The molecule has 0 amide bonds. The Balaban J connectivity index is 2.08. The number of fused-ring (bicyclic) bond motifs is 1. The third-order valence-electron chi connectivity index (χ3n) is 4.04. The molecule has 0 N–H and O–H groups in total. The summed E-state index contributed by atoms with van der Waals surface area (Å²) < 4.78 is 7.57. The molecule has 0 bridgehead atoms. The first-order valence-corrected chi connectivity index (χ1v) is 10.4. The molecule has 3 aromatic rings. The van der Waals surface area contributed by atoms with Crippen molar-refractivity contribution in [2.24, 2.45) is 5.10 Å². The van der Waals surface area contributed by atoms with E-state index in [0.29, 0.717) is 44.7 Å². The number of hydrogen-bond acceptors (Lipinski definition) is 4. The molecule has 5 nitrogen and oxygen atoms in total. The van der Waals surface area contributed by atoms with Crippen LogP contribution in [0.5, 0.6) is 5.75 Å². The van der Waals surface area contributed by atoms with E-state index in [9.17, 15) is 4.79 Å². The highest BCUT2D eigenvalue weighted by molar-refractivity contribution is 9.10. The number of benzene rings is 2. The van der Waals surface area contributed by atoms with Crippen molar-refractivity contribution in [1.82, 2.24) is 9.66 Å². The summed E-state index contributed by atoms with van der Waals surface area (Å²) in [7, 11) is 0. The summed E-state index contributed by atoms with van der Waals surface area (Å²) in [5, 5.41) is 5.55. The van der Waals surface area contributed by atoms with E-state index in [0.717, 1.165) is 4.47 Å². The molecule has 8 heteroatoms. The van der Waals surface area contributed by atoms with Gasteiger partial charge >= 0.3 is 0 Å². The van der Waals surface area contributed by atoms with Crippen LogP contribution in [0.3, 0.4) is 0 Å². The smallest absolute Gasteiger partial charge is 0.282 e. The lowest BCUT2D eigenvalue weighted by Gasteiger charge is -2.12. The number of ether oxygens (including phenoxy) is 1. The average Bonchev–Trinajstić information content (AvgIpc) is 2.67. The largest absolute Gasteiger partial charge is 0.486 e. The van der Waals surface area contributed by atoms with Gasteiger partial charge in [-0.15, -0.1) is 0 Å². The highest BCUT2D eigenvalue weighted by Crippen LogP contribution is 2.33. The molecular weight excluding hydrogens is 477 g/mol. The molecular formula is C21H18BrCl2N3O2. The Morgan fingerprint density at radius 1 is 1.28 bits per heavy atom. The van der Waals surface area contributed by atoms with E-state index in [-0.39, 0.29) is 11.5 Å². The lowest BCUT2D eigenvalue weighted by Crippen LogP contribution is -2.23. The van der Waals surface area contributed by atoms with Crippen molar-refractivity contribution >= 4 is 56.2 Å². The van der Waals surface area contributed by atoms with Gasteiger partial charge in [-0.05, 0) is 35.9 Å². The lowest BCUT2D eigenvalue weighted by atomic mass is 10.2. The SMILES string of the molecule is C=CCOc1c(Cl)cc(C=Nn2c(C(C)C)nc3ccc(Br)cc3c2=O)cc1Cl. The van der Waals surface area contributed by atoms with Crippen molar-refractivity contribution in [3.63, 3.8) is 0 Å². The summed E-state index contributed by atoms with van der Waals surface area (Å²) in [5.74, 6) is 0.932. The predicted molar refractivity (Wildman–Crippen MR) is 123 cm³/mol. The highest BCUT2D eigenvalue weighted by atomic mass is 79.9. The van der Waals surface area contributed by atoms with Gasteiger partial charge in [0, 0.05) is 10.4 Å². The Bertz CT molecular complexity index is 1150. The van der Waals surface area contributed by atoms with Crippen LogP contribution in [0.2, 0.25) is 10.0 Å². The van der Waals surface area contributed by atoms with E-state index in [2.05, 4.69) is 32.6 Å². The normalized spacial score (nSPS) is 11.5. The van der Waals surface area contributed by atoms with Crippen LogP contribution in [0, 0.1) is 0 Å². The zero-order valence-corrected chi connectivity index (χ0v) is 18.9. The highest BCUT2D eigenvalue weighted by Gasteiger charge is 2.14. The second kappa shape index (κ2) is 9.11. The molecule has 2 aromatic carbocycles. The summed E-state index contributed by atoms with van der Waals surface area (Å²) in [6.45, 7) is 7.80. The van der Waals surface area contributed by atoms with Crippen molar-refractivity contribution in [3.8, 4) is 5.75 Å². The fourth-order valence-electron chi connectivity index (χ4n) is 2.71. The maximum absolute atomic E-state index is 13.0. The summed E-state index contributed by atoms with van der Waals surface area (Å²) >= 11 is 15.9. The molecule has 0 spiro atoms. The fourth-order valence-corrected chi connectivity index (χ4v) is 3.68. The Kier molecular flexibility index (Phi) is 6.77. The molecule has 1 heterocycles. The van der Waals surface area contributed by atoms with Crippen molar-refractivity contribution in [2.45, 2.75) is 19.8 Å². The third kappa shape index (κ3) is 4.71. The van der Waals surface area contributed by atoms with Crippen LogP contribution in [0.4, 0.5) is 0 Å². The minimum Gasteiger partial charge on any atom is -0.486 e. The predicted octanol–water partition coefficient (Wildman–Crippen LogP) is 6.04. The summed E-state index contributed by atoms with van der Waals surface area (Å²) in [5.41, 5.74) is 1.00. The maximum atomic E-state index is 13.0. The first-order valence-electron chi connectivity index (χ1n) is 8.81. The zero-order valence-electron chi connectivity index (χ0n) is 15.8. The second-order valence-corrected chi connectivity index (χ2v) is 8.29. The van der Waals surface area contributed by atoms with Gasteiger partial charge in [0.2, 0.25) is 0 Å². The molecule has 150 valence electrons. The van der Waals surface area contributed by atoms with E-state index >= 15 is 0 Å². The minimum absolute atomic E-state index is 0.00486. The molecule has 0 saturated carbocycles. The molecule has 0 saturated heterocycles. The molecule has 0 aliphatic carbocycles. The summed E-state index contributed by atoms with van der Waals surface area (Å²) in [6.07, 6.45) is 3.13. The Hall–Kier alpha value is -2.15. The van der Waals surface area contributed by atoms with Crippen LogP contribution in [-0.4, -0.2) is 22.5 Å². The van der Waals surface area contributed by atoms with Gasteiger partial charge in [-0.3, -0.25) is 4.79 Å². The van der Waals surface area contributed by atoms with Crippen molar-refractivity contribution < 1.29 is 4.74 Å². The Morgan fingerprint density at radius 3 is 2.59 bits per heavy atom. The van der Waals surface area contributed by atoms with Crippen LogP contribution < -0.4 is 10.3 Å². The number of halogens is 3.